The molecule has 1 aliphatic rings. The molecule has 6 heteroatoms. The number of nitrogens with one attached hydrogen (secondary N) is 1. The van der Waals surface area contributed by atoms with Gasteiger partial charge in [0.25, 0.3) is 0 Å². The van der Waals surface area contributed by atoms with Gasteiger partial charge in [0, 0.05) is 6.42 Å². The Hall–Kier alpha value is -1.43. The van der Waals surface area contributed by atoms with Crippen LogP contribution >= 0.6 is 0 Å². The minimum atomic E-state index is -0.613. The van der Waals surface area contributed by atoms with Crippen molar-refractivity contribution in [3.05, 3.63) is 0 Å². The number of esters is 1. The molecule has 1 unspecified atom stereocenters. The minimum absolute atomic E-state index is 0.279. The molecule has 0 aromatic rings. The molecule has 0 saturated carbocycles. The van der Waals surface area contributed by atoms with Crippen LogP contribution in [0.2, 0.25) is 0 Å². The van der Waals surface area contributed by atoms with Gasteiger partial charge in [0.05, 0.1) is 19.1 Å². The smallest absolute Gasteiger partial charge is 0.328 e. The standard InChI is InChI=1S/C10H16N2O4/c1-2-6(11)8(13)5-9(14)12-7-3-4-16-10(7)15/h6-7H,2-5,11H2,1H3,(H,12,14)/t6?,7-/m0/s1. The van der Waals surface area contributed by atoms with Crippen molar-refractivity contribution in [2.24, 2.45) is 5.73 Å². The van der Waals surface area contributed by atoms with E-state index >= 15 is 0 Å². The van der Waals surface area contributed by atoms with E-state index in [4.69, 9.17) is 5.73 Å². The molecular weight excluding hydrogens is 212 g/mol. The van der Waals surface area contributed by atoms with Gasteiger partial charge in [-0.3, -0.25) is 9.59 Å². The van der Waals surface area contributed by atoms with Gasteiger partial charge >= 0.3 is 5.97 Å². The molecule has 6 nitrogen and oxygen atoms in total. The van der Waals surface area contributed by atoms with Crippen LogP contribution in [0.1, 0.15) is 26.2 Å². The molecule has 0 aromatic carbocycles. The molecule has 0 radical (unpaired) electrons. The molecule has 0 bridgehead atoms. The highest BCUT2D eigenvalue weighted by molar-refractivity contribution is 6.01. The van der Waals surface area contributed by atoms with Crippen molar-refractivity contribution < 1.29 is 19.1 Å². The molecule has 1 aliphatic heterocycles. The van der Waals surface area contributed by atoms with E-state index in [1.54, 1.807) is 6.92 Å². The Morgan fingerprint density at radius 3 is 2.81 bits per heavy atom. The summed E-state index contributed by atoms with van der Waals surface area (Å²) in [5.41, 5.74) is 5.48. The van der Waals surface area contributed by atoms with Crippen molar-refractivity contribution in [1.29, 1.82) is 0 Å². The van der Waals surface area contributed by atoms with Gasteiger partial charge in [-0.2, -0.15) is 0 Å². The van der Waals surface area contributed by atoms with E-state index in [1.807, 2.05) is 0 Å². The zero-order valence-corrected chi connectivity index (χ0v) is 9.19. The van der Waals surface area contributed by atoms with Crippen molar-refractivity contribution in [2.45, 2.75) is 38.3 Å². The lowest BCUT2D eigenvalue weighted by atomic mass is 10.1. The second kappa shape index (κ2) is 5.60. The maximum absolute atomic E-state index is 11.4. The molecule has 0 spiro atoms. The number of rotatable bonds is 5. The van der Waals surface area contributed by atoms with Gasteiger partial charge in [-0.25, -0.2) is 4.79 Å². The average Bonchev–Trinajstić information content (AvgIpc) is 2.63. The lowest BCUT2D eigenvalue weighted by Gasteiger charge is -2.10. The summed E-state index contributed by atoms with van der Waals surface area (Å²) in [5, 5.41) is 2.45. The van der Waals surface area contributed by atoms with E-state index in [-0.39, 0.29) is 12.2 Å². The van der Waals surface area contributed by atoms with Crippen molar-refractivity contribution in [2.75, 3.05) is 6.61 Å². The van der Waals surface area contributed by atoms with Crippen molar-refractivity contribution in [3.8, 4) is 0 Å². The Kier molecular flexibility index (Phi) is 4.42. The van der Waals surface area contributed by atoms with Crippen LogP contribution in [-0.4, -0.2) is 36.4 Å². The Morgan fingerprint density at radius 2 is 2.31 bits per heavy atom. The molecular formula is C10H16N2O4. The third kappa shape index (κ3) is 3.30. The lowest BCUT2D eigenvalue weighted by Crippen LogP contribution is -2.41. The number of nitrogens with two attached hydrogens (primary N) is 1. The van der Waals surface area contributed by atoms with E-state index in [9.17, 15) is 14.4 Å². The van der Waals surface area contributed by atoms with Crippen LogP contribution in [0.5, 0.6) is 0 Å². The van der Waals surface area contributed by atoms with Crippen LogP contribution in [0.15, 0.2) is 0 Å². The van der Waals surface area contributed by atoms with Gasteiger partial charge in [0.1, 0.15) is 6.04 Å². The largest absolute Gasteiger partial charge is 0.464 e. The molecule has 2 atom stereocenters. The summed E-state index contributed by atoms with van der Waals surface area (Å²) in [5.74, 6) is -1.23. The van der Waals surface area contributed by atoms with Crippen LogP contribution in [0.3, 0.4) is 0 Å². The highest BCUT2D eigenvalue weighted by Gasteiger charge is 2.28. The SMILES string of the molecule is CCC(N)C(=O)CC(=O)N[C@H]1CCOC1=O. The van der Waals surface area contributed by atoms with E-state index in [0.29, 0.717) is 19.4 Å². The Labute approximate surface area is 93.5 Å². The van der Waals surface area contributed by atoms with Crippen LogP contribution in [0, 0.1) is 0 Å². The predicted octanol–water partition coefficient (Wildman–Crippen LogP) is -0.885. The number of cyclic esters (lactones) is 1. The number of ketones is 1. The number of amides is 1. The first-order chi connectivity index (χ1) is 7.54. The molecule has 1 rings (SSSR count). The van der Waals surface area contributed by atoms with Crippen molar-refractivity contribution >= 4 is 17.7 Å². The fourth-order valence-electron chi connectivity index (χ4n) is 1.39. The summed E-state index contributed by atoms with van der Waals surface area (Å²) in [6, 6.07) is -1.22. The average molecular weight is 228 g/mol. The molecule has 90 valence electrons. The maximum Gasteiger partial charge on any atom is 0.328 e. The number of ether oxygens (including phenoxy) is 1. The first-order valence-electron chi connectivity index (χ1n) is 5.29. The van der Waals surface area contributed by atoms with Crippen LogP contribution in [0.4, 0.5) is 0 Å². The van der Waals surface area contributed by atoms with Crippen LogP contribution < -0.4 is 11.1 Å². The third-order valence-corrected chi connectivity index (χ3v) is 2.46. The molecule has 0 aliphatic carbocycles. The normalized spacial score (nSPS) is 21.4. The lowest BCUT2D eigenvalue weighted by molar-refractivity contribution is -0.142. The van der Waals surface area contributed by atoms with Crippen LogP contribution in [-0.2, 0) is 19.1 Å². The Balaban J connectivity index is 2.36. The van der Waals surface area contributed by atoms with Gasteiger partial charge in [-0.15, -0.1) is 0 Å². The predicted molar refractivity (Wildman–Crippen MR) is 55.4 cm³/mol. The van der Waals surface area contributed by atoms with Crippen molar-refractivity contribution in [3.63, 3.8) is 0 Å². The van der Waals surface area contributed by atoms with Gasteiger partial charge < -0.3 is 15.8 Å². The second-order valence-corrected chi connectivity index (χ2v) is 3.73. The molecule has 3 N–H and O–H groups in total. The molecule has 1 fully saturated rings. The first-order valence-corrected chi connectivity index (χ1v) is 5.29. The summed E-state index contributed by atoms with van der Waals surface area (Å²) in [6.45, 7) is 2.08. The van der Waals surface area contributed by atoms with E-state index < -0.39 is 24.0 Å². The number of carbonyl (C=O) groups is 3. The maximum atomic E-state index is 11.4. The number of carbonyl (C=O) groups excluding carboxylic acids is 3. The quantitative estimate of drug-likeness (QED) is 0.470. The van der Waals surface area contributed by atoms with E-state index in [1.165, 1.54) is 0 Å². The van der Waals surface area contributed by atoms with Gasteiger partial charge in [-0.05, 0) is 6.42 Å². The summed E-state index contributed by atoms with van der Waals surface area (Å²) in [6.07, 6.45) is 0.676. The van der Waals surface area contributed by atoms with Crippen molar-refractivity contribution in [1.82, 2.24) is 5.32 Å². The van der Waals surface area contributed by atoms with E-state index in [2.05, 4.69) is 10.1 Å². The summed E-state index contributed by atoms with van der Waals surface area (Å²) < 4.78 is 4.68. The molecule has 1 amide bonds. The Morgan fingerprint density at radius 1 is 1.62 bits per heavy atom. The Bertz CT molecular complexity index is 303. The zero-order valence-electron chi connectivity index (χ0n) is 9.19. The second-order valence-electron chi connectivity index (χ2n) is 3.73. The summed E-state index contributed by atoms with van der Waals surface area (Å²) >= 11 is 0. The molecule has 0 aromatic heterocycles. The summed E-state index contributed by atoms with van der Waals surface area (Å²) in [7, 11) is 0. The zero-order chi connectivity index (χ0) is 12.1. The topological polar surface area (TPSA) is 98.5 Å². The van der Waals surface area contributed by atoms with Gasteiger partial charge in [0.2, 0.25) is 5.91 Å². The monoisotopic (exact) mass is 228 g/mol. The fraction of sp³-hybridized carbons (Fsp3) is 0.700. The van der Waals surface area contributed by atoms with E-state index in [0.717, 1.165) is 0 Å². The highest BCUT2D eigenvalue weighted by Crippen LogP contribution is 2.06. The van der Waals surface area contributed by atoms with Gasteiger partial charge in [-0.1, -0.05) is 6.92 Å². The number of hydrogen-bond donors (Lipinski definition) is 2. The third-order valence-electron chi connectivity index (χ3n) is 2.46. The molecule has 1 heterocycles. The molecule has 1 saturated heterocycles. The first kappa shape index (κ1) is 12.6. The number of hydrogen-bond acceptors (Lipinski definition) is 5. The minimum Gasteiger partial charge on any atom is -0.464 e. The highest BCUT2D eigenvalue weighted by atomic mass is 16.5. The fourth-order valence-corrected chi connectivity index (χ4v) is 1.39. The molecule has 16 heavy (non-hydrogen) atoms. The number of Topliss-reactive ketones (excluding diaryl/α,β-unsaturated/α-hetero) is 1. The van der Waals surface area contributed by atoms with Gasteiger partial charge in [0.15, 0.2) is 5.78 Å². The van der Waals surface area contributed by atoms with Crippen LogP contribution in [0.25, 0.3) is 0 Å². The summed E-state index contributed by atoms with van der Waals surface area (Å²) in [4.78, 5) is 33.8.